The molecule has 0 atom stereocenters. The third-order valence-corrected chi connectivity index (χ3v) is 2.42. The molecule has 0 saturated carbocycles. The average molecular weight is 267 g/mol. The fraction of sp³-hybridized carbons (Fsp3) is 0.600. The van der Waals surface area contributed by atoms with Crippen molar-refractivity contribution in [3.8, 4) is 5.75 Å². The van der Waals surface area contributed by atoms with E-state index in [-0.39, 0.29) is 5.60 Å². The summed E-state index contributed by atoms with van der Waals surface area (Å²) in [7, 11) is 0. The molecule has 0 aromatic heterocycles. The lowest BCUT2D eigenvalue weighted by Crippen LogP contribution is -2.22. The molecule has 1 rings (SSSR count). The number of ether oxygens (including phenoxy) is 3. The van der Waals surface area contributed by atoms with Crippen molar-refractivity contribution in [2.75, 3.05) is 26.4 Å². The second-order valence-electron chi connectivity index (χ2n) is 5.27. The molecular weight excluding hydrogens is 242 g/mol. The lowest BCUT2D eigenvalue weighted by Gasteiger charge is -2.19. The van der Waals surface area contributed by atoms with Gasteiger partial charge in [0.1, 0.15) is 12.4 Å². The van der Waals surface area contributed by atoms with E-state index >= 15 is 0 Å². The van der Waals surface area contributed by atoms with Crippen LogP contribution in [-0.2, 0) is 16.0 Å². The van der Waals surface area contributed by atoms with Crippen molar-refractivity contribution in [2.24, 2.45) is 5.73 Å². The van der Waals surface area contributed by atoms with Gasteiger partial charge in [0, 0.05) is 6.54 Å². The van der Waals surface area contributed by atoms with Crippen molar-refractivity contribution >= 4 is 0 Å². The first kappa shape index (κ1) is 16.0. The molecule has 0 amide bonds. The lowest BCUT2D eigenvalue weighted by atomic mass is 10.2. The first-order chi connectivity index (χ1) is 9.01. The zero-order valence-corrected chi connectivity index (χ0v) is 12.1. The van der Waals surface area contributed by atoms with Crippen molar-refractivity contribution < 1.29 is 14.2 Å². The minimum atomic E-state index is -0.107. The van der Waals surface area contributed by atoms with Gasteiger partial charge in [-0.1, -0.05) is 12.1 Å². The highest BCUT2D eigenvalue weighted by atomic mass is 16.5. The molecule has 1 aromatic rings. The number of hydrogen-bond acceptors (Lipinski definition) is 4. The van der Waals surface area contributed by atoms with Crippen molar-refractivity contribution in [1.82, 2.24) is 0 Å². The smallest absolute Gasteiger partial charge is 0.119 e. The maximum Gasteiger partial charge on any atom is 0.119 e. The van der Waals surface area contributed by atoms with E-state index in [1.807, 2.05) is 45.0 Å². The molecule has 2 N–H and O–H groups in total. The summed E-state index contributed by atoms with van der Waals surface area (Å²) in [6.07, 6.45) is 0. The van der Waals surface area contributed by atoms with Crippen LogP contribution in [0.4, 0.5) is 0 Å². The van der Waals surface area contributed by atoms with Gasteiger partial charge in [-0.25, -0.2) is 0 Å². The fourth-order valence-electron chi connectivity index (χ4n) is 1.45. The van der Waals surface area contributed by atoms with E-state index in [4.69, 9.17) is 19.9 Å². The number of nitrogens with two attached hydrogens (primary N) is 1. The second kappa shape index (κ2) is 8.15. The molecule has 0 radical (unpaired) electrons. The highest BCUT2D eigenvalue weighted by Crippen LogP contribution is 2.11. The SMILES string of the molecule is CC(C)(C)OCCOCCOc1ccc(CN)cc1. The first-order valence-corrected chi connectivity index (χ1v) is 6.65. The molecule has 0 fully saturated rings. The summed E-state index contributed by atoms with van der Waals surface area (Å²) >= 11 is 0. The van der Waals surface area contributed by atoms with Gasteiger partial charge in [0.15, 0.2) is 0 Å². The van der Waals surface area contributed by atoms with Crippen LogP contribution in [0.3, 0.4) is 0 Å². The summed E-state index contributed by atoms with van der Waals surface area (Å²) < 4.78 is 16.5. The Morgan fingerprint density at radius 2 is 1.58 bits per heavy atom. The van der Waals surface area contributed by atoms with Crippen LogP contribution >= 0.6 is 0 Å². The van der Waals surface area contributed by atoms with E-state index in [0.717, 1.165) is 11.3 Å². The molecule has 0 aliphatic heterocycles. The van der Waals surface area contributed by atoms with Gasteiger partial charge in [-0.15, -0.1) is 0 Å². The summed E-state index contributed by atoms with van der Waals surface area (Å²) in [5.74, 6) is 0.840. The molecule has 0 unspecified atom stereocenters. The van der Waals surface area contributed by atoms with Crippen LogP contribution in [0.15, 0.2) is 24.3 Å². The van der Waals surface area contributed by atoms with Crippen LogP contribution in [-0.4, -0.2) is 32.0 Å². The molecule has 19 heavy (non-hydrogen) atoms. The summed E-state index contributed by atoms with van der Waals surface area (Å²) in [4.78, 5) is 0. The Bertz CT molecular complexity index is 343. The van der Waals surface area contributed by atoms with Crippen molar-refractivity contribution in [3.05, 3.63) is 29.8 Å². The largest absolute Gasteiger partial charge is 0.491 e. The molecule has 1 aromatic carbocycles. The Kier molecular flexibility index (Phi) is 6.84. The number of rotatable bonds is 8. The molecular formula is C15H25NO3. The van der Waals surface area contributed by atoms with Crippen LogP contribution < -0.4 is 10.5 Å². The highest BCUT2D eigenvalue weighted by molar-refractivity contribution is 5.26. The Labute approximate surface area is 115 Å². The van der Waals surface area contributed by atoms with Crippen molar-refractivity contribution in [2.45, 2.75) is 32.9 Å². The zero-order chi connectivity index (χ0) is 14.1. The minimum absolute atomic E-state index is 0.107. The van der Waals surface area contributed by atoms with Gasteiger partial charge in [-0.3, -0.25) is 0 Å². The van der Waals surface area contributed by atoms with Crippen molar-refractivity contribution in [3.63, 3.8) is 0 Å². The molecule has 0 heterocycles. The Morgan fingerprint density at radius 1 is 0.947 bits per heavy atom. The topological polar surface area (TPSA) is 53.7 Å². The summed E-state index contributed by atoms with van der Waals surface area (Å²) in [6.45, 7) is 8.94. The highest BCUT2D eigenvalue weighted by Gasteiger charge is 2.08. The van der Waals surface area contributed by atoms with Gasteiger partial charge in [-0.2, -0.15) is 0 Å². The zero-order valence-electron chi connectivity index (χ0n) is 12.1. The van der Waals surface area contributed by atoms with Crippen LogP contribution in [0, 0.1) is 0 Å². The van der Waals surface area contributed by atoms with Gasteiger partial charge in [0.2, 0.25) is 0 Å². The Balaban J connectivity index is 2.04. The molecule has 0 saturated heterocycles. The first-order valence-electron chi connectivity index (χ1n) is 6.65. The van der Waals surface area contributed by atoms with Crippen molar-refractivity contribution in [1.29, 1.82) is 0 Å². The molecule has 0 aliphatic carbocycles. The molecule has 0 aliphatic rings. The van der Waals surface area contributed by atoms with Gasteiger partial charge in [0.25, 0.3) is 0 Å². The van der Waals surface area contributed by atoms with Gasteiger partial charge in [0.05, 0.1) is 25.4 Å². The Morgan fingerprint density at radius 3 is 2.16 bits per heavy atom. The summed E-state index contributed by atoms with van der Waals surface area (Å²) in [6, 6.07) is 7.77. The third kappa shape index (κ3) is 7.82. The normalized spacial score (nSPS) is 11.6. The second-order valence-corrected chi connectivity index (χ2v) is 5.27. The van der Waals surface area contributed by atoms with E-state index in [2.05, 4.69) is 0 Å². The maximum atomic E-state index is 5.55. The fourth-order valence-corrected chi connectivity index (χ4v) is 1.45. The Hall–Kier alpha value is -1.10. The molecule has 0 bridgehead atoms. The van der Waals surface area contributed by atoms with E-state index in [9.17, 15) is 0 Å². The van der Waals surface area contributed by atoms with Gasteiger partial charge in [-0.05, 0) is 38.5 Å². The van der Waals surface area contributed by atoms with E-state index in [1.54, 1.807) is 0 Å². The van der Waals surface area contributed by atoms with Crippen LogP contribution in [0.1, 0.15) is 26.3 Å². The molecule has 0 spiro atoms. The monoisotopic (exact) mass is 267 g/mol. The van der Waals surface area contributed by atoms with E-state index < -0.39 is 0 Å². The molecule has 4 nitrogen and oxygen atoms in total. The average Bonchev–Trinajstić information content (AvgIpc) is 2.37. The number of hydrogen-bond donors (Lipinski definition) is 1. The quantitative estimate of drug-likeness (QED) is 0.735. The molecule has 108 valence electrons. The van der Waals surface area contributed by atoms with Crippen LogP contribution in [0.5, 0.6) is 5.75 Å². The van der Waals surface area contributed by atoms with Gasteiger partial charge < -0.3 is 19.9 Å². The predicted octanol–water partition coefficient (Wildman–Crippen LogP) is 2.36. The van der Waals surface area contributed by atoms with Gasteiger partial charge >= 0.3 is 0 Å². The van der Waals surface area contributed by atoms with Crippen LogP contribution in [0.25, 0.3) is 0 Å². The third-order valence-electron chi connectivity index (χ3n) is 2.42. The minimum Gasteiger partial charge on any atom is -0.491 e. The predicted molar refractivity (Wildman–Crippen MR) is 76.4 cm³/mol. The molecule has 4 heteroatoms. The van der Waals surface area contributed by atoms with E-state index in [1.165, 1.54) is 0 Å². The maximum absolute atomic E-state index is 5.55. The summed E-state index contributed by atoms with van der Waals surface area (Å²) in [5.41, 5.74) is 6.52. The van der Waals surface area contributed by atoms with E-state index in [0.29, 0.717) is 33.0 Å². The number of benzene rings is 1. The lowest BCUT2D eigenvalue weighted by molar-refractivity contribution is -0.0375. The van der Waals surface area contributed by atoms with Crippen LogP contribution in [0.2, 0.25) is 0 Å². The summed E-state index contributed by atoms with van der Waals surface area (Å²) in [5, 5.41) is 0. The standard InChI is InChI=1S/C15H25NO3/c1-15(2,3)19-11-9-17-8-10-18-14-6-4-13(12-16)5-7-14/h4-7H,8-12,16H2,1-3H3.